The predicted octanol–water partition coefficient (Wildman–Crippen LogP) is 3.10. The van der Waals surface area contributed by atoms with Crippen LogP contribution in [-0.2, 0) is 11.8 Å². The molecule has 0 fully saturated rings. The van der Waals surface area contributed by atoms with Gasteiger partial charge >= 0.3 is 0 Å². The van der Waals surface area contributed by atoms with Gasteiger partial charge in [-0.05, 0) is 37.6 Å². The maximum Gasteiger partial charge on any atom is 0.291 e. The number of nitrogens with one attached hydrogen (secondary N) is 1. The summed E-state index contributed by atoms with van der Waals surface area (Å²) in [6.45, 7) is 4.76. The van der Waals surface area contributed by atoms with Gasteiger partial charge < -0.3 is 19.4 Å². The average Bonchev–Trinajstić information content (AvgIpc) is 3.15. The van der Waals surface area contributed by atoms with E-state index in [1.165, 1.54) is 4.68 Å². The molecule has 32 heavy (non-hydrogen) atoms. The van der Waals surface area contributed by atoms with Crippen molar-refractivity contribution >= 4 is 27.7 Å². The van der Waals surface area contributed by atoms with Crippen molar-refractivity contribution in [1.29, 1.82) is 0 Å². The third kappa shape index (κ3) is 3.19. The molecule has 0 radical (unpaired) electrons. The van der Waals surface area contributed by atoms with E-state index in [0.717, 1.165) is 21.9 Å². The molecule has 2 atom stereocenters. The summed E-state index contributed by atoms with van der Waals surface area (Å²) in [5.74, 6) is 1.21. The lowest BCUT2D eigenvalue weighted by molar-refractivity contribution is -0.124. The maximum absolute atomic E-state index is 13.3. The molecule has 0 bridgehead atoms. The molecule has 2 unspecified atom stereocenters. The van der Waals surface area contributed by atoms with Crippen LogP contribution in [0.25, 0.3) is 21.8 Å². The molecule has 4 aromatic rings. The van der Waals surface area contributed by atoms with Crippen molar-refractivity contribution in [2.24, 2.45) is 7.05 Å². The van der Waals surface area contributed by atoms with E-state index in [4.69, 9.17) is 9.47 Å². The van der Waals surface area contributed by atoms with Crippen LogP contribution in [0.3, 0.4) is 0 Å². The first kappa shape index (κ1) is 20.1. The van der Waals surface area contributed by atoms with Gasteiger partial charge in [-0.1, -0.05) is 24.3 Å². The number of hydrogen-bond donors (Lipinski definition) is 1. The second-order valence-electron chi connectivity index (χ2n) is 8.03. The molecule has 1 aliphatic heterocycles. The number of carbonyl (C=O) groups excluding carboxylic acids is 1. The summed E-state index contributed by atoms with van der Waals surface area (Å²) in [7, 11) is 1.61. The molecule has 0 spiro atoms. The molecule has 0 aliphatic carbocycles. The molecular weight excluding hydrogens is 408 g/mol. The number of benzene rings is 2. The van der Waals surface area contributed by atoms with Gasteiger partial charge in [0, 0.05) is 17.8 Å². The fraction of sp³-hybridized carbons (Fsp3) is 0.292. The summed E-state index contributed by atoms with van der Waals surface area (Å²) in [5, 5.41) is 8.87. The van der Waals surface area contributed by atoms with E-state index in [-0.39, 0.29) is 17.5 Å². The van der Waals surface area contributed by atoms with E-state index >= 15 is 0 Å². The molecule has 0 saturated heterocycles. The van der Waals surface area contributed by atoms with E-state index in [9.17, 15) is 9.59 Å². The first-order chi connectivity index (χ1) is 15.5. The number of para-hydroxylation sites is 1. The fourth-order valence-electron chi connectivity index (χ4n) is 4.25. The van der Waals surface area contributed by atoms with Crippen molar-refractivity contribution in [2.75, 3.05) is 13.2 Å². The Morgan fingerprint density at radius 3 is 2.62 bits per heavy atom. The van der Waals surface area contributed by atoms with Crippen molar-refractivity contribution in [1.82, 2.24) is 19.7 Å². The third-order valence-corrected chi connectivity index (χ3v) is 6.00. The van der Waals surface area contributed by atoms with Crippen LogP contribution in [0.1, 0.15) is 31.5 Å². The Labute approximate surface area is 184 Å². The minimum atomic E-state index is -0.604. The molecule has 2 aromatic carbocycles. The molecule has 8 heteroatoms. The number of hydrogen-bond acceptors (Lipinski definition) is 5. The highest BCUT2D eigenvalue weighted by Crippen LogP contribution is 2.33. The van der Waals surface area contributed by atoms with Gasteiger partial charge in [-0.25, -0.2) is 4.68 Å². The predicted molar refractivity (Wildman–Crippen MR) is 121 cm³/mol. The Balaban J connectivity index is 1.50. The third-order valence-electron chi connectivity index (χ3n) is 6.00. The van der Waals surface area contributed by atoms with Gasteiger partial charge in [0.1, 0.15) is 24.8 Å². The quantitative estimate of drug-likeness (QED) is 0.536. The monoisotopic (exact) mass is 432 g/mol. The van der Waals surface area contributed by atoms with Crippen molar-refractivity contribution in [3.63, 3.8) is 0 Å². The van der Waals surface area contributed by atoms with Crippen LogP contribution in [0, 0.1) is 0 Å². The molecule has 1 amide bonds. The second kappa shape index (κ2) is 7.71. The van der Waals surface area contributed by atoms with Crippen LogP contribution >= 0.6 is 0 Å². The molecule has 2 aromatic heterocycles. The van der Waals surface area contributed by atoms with Gasteiger partial charge in [0.2, 0.25) is 5.91 Å². The average molecular weight is 432 g/mol. The molecule has 164 valence electrons. The number of ether oxygens (including phenoxy) is 2. The maximum atomic E-state index is 13.3. The molecule has 1 aliphatic rings. The van der Waals surface area contributed by atoms with Gasteiger partial charge in [0.05, 0.1) is 17.8 Å². The molecule has 1 N–H and O–H groups in total. The summed E-state index contributed by atoms with van der Waals surface area (Å²) in [6.07, 6.45) is 1.68. The standard InChI is InChI=1S/C24H24N4O4/c1-14(16-8-9-20-21(12-16)32-11-10-31-20)26-23(29)15(2)28-19-7-5-4-6-17(19)18-13-25-27(3)24(30)22(18)28/h4-9,12-15H,10-11H2,1-3H3,(H,26,29). The zero-order valence-corrected chi connectivity index (χ0v) is 18.2. The van der Waals surface area contributed by atoms with Crippen LogP contribution < -0.4 is 20.3 Å². The molecular formula is C24H24N4O4. The summed E-state index contributed by atoms with van der Waals surface area (Å²) >= 11 is 0. The SMILES string of the molecule is CC(NC(=O)C(C)n1c2ccccc2c2cnn(C)c(=O)c21)c1ccc2c(c1)OCCO2. The van der Waals surface area contributed by atoms with Crippen molar-refractivity contribution in [3.05, 3.63) is 64.6 Å². The fourth-order valence-corrected chi connectivity index (χ4v) is 4.25. The molecule has 8 nitrogen and oxygen atoms in total. The first-order valence-electron chi connectivity index (χ1n) is 10.6. The van der Waals surface area contributed by atoms with E-state index in [1.54, 1.807) is 24.7 Å². The zero-order chi connectivity index (χ0) is 22.4. The lowest BCUT2D eigenvalue weighted by atomic mass is 10.1. The molecule has 3 heterocycles. The summed E-state index contributed by atoms with van der Waals surface area (Å²) < 4.78 is 14.3. The van der Waals surface area contributed by atoms with E-state index < -0.39 is 6.04 Å². The Bertz CT molecular complexity index is 1400. The zero-order valence-electron chi connectivity index (χ0n) is 18.2. The highest BCUT2D eigenvalue weighted by Gasteiger charge is 2.25. The van der Waals surface area contributed by atoms with E-state index in [2.05, 4.69) is 10.4 Å². The van der Waals surface area contributed by atoms with Crippen molar-refractivity contribution in [3.8, 4) is 11.5 Å². The Kier molecular flexibility index (Phi) is 4.84. The lowest BCUT2D eigenvalue weighted by Crippen LogP contribution is -2.34. The van der Waals surface area contributed by atoms with E-state index in [0.29, 0.717) is 30.2 Å². The summed E-state index contributed by atoms with van der Waals surface area (Å²) in [5.41, 5.74) is 1.97. The van der Waals surface area contributed by atoms with Crippen LogP contribution in [0.4, 0.5) is 0 Å². The second-order valence-corrected chi connectivity index (χ2v) is 8.03. The summed E-state index contributed by atoms with van der Waals surface area (Å²) in [6, 6.07) is 12.5. The van der Waals surface area contributed by atoms with Gasteiger partial charge in [-0.15, -0.1) is 0 Å². The lowest BCUT2D eigenvalue weighted by Gasteiger charge is -2.23. The Morgan fingerprint density at radius 2 is 1.81 bits per heavy atom. The first-order valence-corrected chi connectivity index (χ1v) is 10.6. The largest absolute Gasteiger partial charge is 0.486 e. The normalized spacial score (nSPS) is 15.0. The molecule has 0 saturated carbocycles. The van der Waals surface area contributed by atoms with Gasteiger partial charge in [0.25, 0.3) is 5.56 Å². The van der Waals surface area contributed by atoms with Crippen LogP contribution in [-0.4, -0.2) is 33.5 Å². The van der Waals surface area contributed by atoms with Gasteiger partial charge in [0.15, 0.2) is 11.5 Å². The number of nitrogens with zero attached hydrogens (tertiary/aromatic N) is 3. The highest BCUT2D eigenvalue weighted by molar-refractivity contribution is 6.08. The molecule has 5 rings (SSSR count). The van der Waals surface area contributed by atoms with Gasteiger partial charge in [-0.3, -0.25) is 9.59 Å². The van der Waals surface area contributed by atoms with E-state index in [1.807, 2.05) is 49.4 Å². The number of rotatable bonds is 4. The number of aromatic nitrogens is 3. The smallest absolute Gasteiger partial charge is 0.291 e. The minimum Gasteiger partial charge on any atom is -0.486 e. The number of fused-ring (bicyclic) bond motifs is 4. The minimum absolute atomic E-state index is 0.186. The highest BCUT2D eigenvalue weighted by atomic mass is 16.6. The van der Waals surface area contributed by atoms with Crippen LogP contribution in [0.15, 0.2) is 53.5 Å². The van der Waals surface area contributed by atoms with Crippen molar-refractivity contribution < 1.29 is 14.3 Å². The van der Waals surface area contributed by atoms with Crippen molar-refractivity contribution in [2.45, 2.75) is 25.9 Å². The van der Waals surface area contributed by atoms with Crippen LogP contribution in [0.5, 0.6) is 11.5 Å². The van der Waals surface area contributed by atoms with Gasteiger partial charge in [-0.2, -0.15) is 5.10 Å². The topological polar surface area (TPSA) is 87.4 Å². The Morgan fingerprint density at radius 1 is 1.06 bits per heavy atom. The summed E-state index contributed by atoms with van der Waals surface area (Å²) in [4.78, 5) is 26.2. The number of carbonyl (C=O) groups is 1. The van der Waals surface area contributed by atoms with Crippen LogP contribution in [0.2, 0.25) is 0 Å². The Hall–Kier alpha value is -3.81. The number of aryl methyl sites for hydroxylation is 1. The number of amides is 1.